The summed E-state index contributed by atoms with van der Waals surface area (Å²) in [5.74, 6) is 0. The van der Waals surface area contributed by atoms with E-state index in [1.807, 2.05) is 30.3 Å². The highest BCUT2D eigenvalue weighted by Crippen LogP contribution is 2.54. The van der Waals surface area contributed by atoms with E-state index < -0.39 is 38.2 Å². The largest absolute Gasteiger partial charge is 0.468 e. The number of hydroxylamine groups is 1. The molecule has 1 aliphatic rings. The predicted octanol–water partition coefficient (Wildman–Crippen LogP) is 8.49. The number of quaternary nitrogens is 1. The lowest BCUT2D eigenvalue weighted by atomic mass is 10.0. The van der Waals surface area contributed by atoms with Gasteiger partial charge in [0.25, 0.3) is 0 Å². The van der Waals surface area contributed by atoms with Crippen LogP contribution in [0.5, 0.6) is 0 Å². The predicted molar refractivity (Wildman–Crippen MR) is 186 cm³/mol. The first-order chi connectivity index (χ1) is 24.4. The highest BCUT2D eigenvalue weighted by molar-refractivity contribution is 7.86. The van der Waals surface area contributed by atoms with E-state index in [-0.39, 0.29) is 27.3 Å². The fourth-order valence-electron chi connectivity index (χ4n) is 6.38. The van der Waals surface area contributed by atoms with Crippen LogP contribution in [0, 0.1) is 6.92 Å². The molecule has 2 amide bonds. The van der Waals surface area contributed by atoms with Crippen molar-refractivity contribution in [2.24, 2.45) is 0 Å². The van der Waals surface area contributed by atoms with Crippen LogP contribution in [-0.2, 0) is 20.6 Å². The van der Waals surface area contributed by atoms with Crippen molar-refractivity contribution in [2.45, 2.75) is 18.0 Å². The first kappa shape index (κ1) is 32.3. The Morgan fingerprint density at radius 3 is 2.33 bits per heavy atom. The number of aryl methyl sites for hydroxylation is 1. The summed E-state index contributed by atoms with van der Waals surface area (Å²) < 4.78 is 78.4. The van der Waals surface area contributed by atoms with Crippen LogP contribution >= 0.6 is 0 Å². The lowest BCUT2D eigenvalue weighted by Gasteiger charge is -2.28. The van der Waals surface area contributed by atoms with E-state index >= 15 is 0 Å². The van der Waals surface area contributed by atoms with Gasteiger partial charge in [0.2, 0.25) is 5.69 Å². The normalized spacial score (nSPS) is 16.3. The van der Waals surface area contributed by atoms with Gasteiger partial charge in [0, 0.05) is 48.7 Å². The topological polar surface area (TPSA) is 107 Å². The number of carbonyl (C=O) groups is 1. The lowest BCUT2D eigenvalue weighted by Crippen LogP contribution is -2.51. The first-order valence-corrected chi connectivity index (χ1v) is 17.0. The highest BCUT2D eigenvalue weighted by Gasteiger charge is 2.60. The number of nitrogens with zero attached hydrogens (tertiary/aromatic N) is 6. The van der Waals surface area contributed by atoms with Gasteiger partial charge < -0.3 is 4.57 Å². The van der Waals surface area contributed by atoms with E-state index in [2.05, 4.69) is 15.0 Å². The van der Waals surface area contributed by atoms with Crippen molar-refractivity contribution in [1.82, 2.24) is 24.2 Å². The third-order valence-electron chi connectivity index (χ3n) is 8.93. The molecule has 4 heterocycles. The standard InChI is InChI=1S/C37H26F3N6O4S/c1-23-7-11-28(12-8-23)51(48,49)50-46(27-10-14-33(45-16-15-41-22-45)30(19-27)37(38,39)40)35-29-18-24(26-17-25-5-3-4-6-31(25)42-20-26)9-13-32(29)43-21-34(35)44(2)36(46)47/h3-22H,1-2H3/q+1. The summed E-state index contributed by atoms with van der Waals surface area (Å²) in [7, 11) is -3.44. The van der Waals surface area contributed by atoms with E-state index in [1.165, 1.54) is 54.7 Å². The maximum absolute atomic E-state index is 14.8. The minimum Gasteiger partial charge on any atom is -0.306 e. The van der Waals surface area contributed by atoms with Gasteiger partial charge in [0.1, 0.15) is 5.69 Å². The van der Waals surface area contributed by atoms with Crippen LogP contribution in [0.15, 0.2) is 127 Å². The minimum absolute atomic E-state index is 0.0257. The monoisotopic (exact) mass is 707 g/mol. The number of hydrogen-bond donors (Lipinski definition) is 0. The molecule has 0 saturated heterocycles. The molecule has 0 fully saturated rings. The molecule has 0 spiro atoms. The summed E-state index contributed by atoms with van der Waals surface area (Å²) in [6.45, 7) is 1.77. The quantitative estimate of drug-likeness (QED) is 0.160. The average Bonchev–Trinajstić information content (AvgIpc) is 3.73. The number of alkyl halides is 3. The van der Waals surface area contributed by atoms with Gasteiger partial charge in [-0.05, 0) is 63.9 Å². The molecule has 0 N–H and O–H groups in total. The van der Waals surface area contributed by atoms with Crippen LogP contribution < -0.4 is 9.55 Å². The number of fused-ring (bicyclic) bond motifs is 4. The summed E-state index contributed by atoms with van der Waals surface area (Å²) in [5.41, 5.74) is 1.54. The second kappa shape index (κ2) is 11.6. The van der Waals surface area contributed by atoms with E-state index in [0.29, 0.717) is 16.6 Å². The SMILES string of the molecule is Cc1ccc(S(=O)(=O)O[N+]2(c3ccc(-n4ccnc4)c(C(F)(F)F)c3)C(=O)N(C)c3cnc4ccc(-c5cnc6ccccc6c5)cc4c32)cc1. The summed E-state index contributed by atoms with van der Waals surface area (Å²) in [6.07, 6.45) is 2.01. The number of urea groups is 1. The summed E-state index contributed by atoms with van der Waals surface area (Å²) in [5, 5.41) is 1.15. The Morgan fingerprint density at radius 1 is 0.824 bits per heavy atom. The molecule has 3 aromatic heterocycles. The molecule has 51 heavy (non-hydrogen) atoms. The molecule has 1 aliphatic heterocycles. The van der Waals surface area contributed by atoms with Gasteiger partial charge in [-0.15, -0.1) is 0 Å². The van der Waals surface area contributed by atoms with E-state index in [9.17, 15) is 26.4 Å². The molecule has 0 bridgehead atoms. The number of anilines is 1. The summed E-state index contributed by atoms with van der Waals surface area (Å²) in [6, 6.07) is 22.6. The molecule has 1 atom stereocenters. The number of pyridine rings is 2. The van der Waals surface area contributed by atoms with Crippen LogP contribution in [-0.4, -0.2) is 41.0 Å². The molecule has 0 aliphatic carbocycles. The molecule has 4 aromatic carbocycles. The van der Waals surface area contributed by atoms with Gasteiger partial charge in [-0.3, -0.25) is 14.9 Å². The van der Waals surface area contributed by atoms with Crippen molar-refractivity contribution in [3.63, 3.8) is 0 Å². The fraction of sp³-hybridized carbons (Fsp3) is 0.0811. The molecular weight excluding hydrogens is 682 g/mol. The molecule has 10 nitrogen and oxygen atoms in total. The van der Waals surface area contributed by atoms with Gasteiger partial charge in [-0.25, -0.2) is 9.78 Å². The van der Waals surface area contributed by atoms with Gasteiger partial charge in [-0.1, -0.05) is 42.0 Å². The van der Waals surface area contributed by atoms with Crippen molar-refractivity contribution >= 4 is 55.0 Å². The Kier molecular flexibility index (Phi) is 7.31. The first-order valence-electron chi connectivity index (χ1n) is 15.6. The number of halogens is 3. The Hall–Kier alpha value is -5.96. The van der Waals surface area contributed by atoms with Crippen LogP contribution in [0.1, 0.15) is 11.1 Å². The molecule has 0 saturated carbocycles. The minimum atomic E-state index is -4.93. The molecule has 7 aromatic rings. The van der Waals surface area contributed by atoms with Crippen LogP contribution in [0.3, 0.4) is 0 Å². The van der Waals surface area contributed by atoms with Gasteiger partial charge in [0.05, 0.1) is 45.1 Å². The van der Waals surface area contributed by atoms with Crippen molar-refractivity contribution < 1.29 is 30.7 Å². The van der Waals surface area contributed by atoms with Gasteiger partial charge in [-0.2, -0.15) is 21.6 Å². The van der Waals surface area contributed by atoms with Gasteiger partial charge >= 0.3 is 22.3 Å². The zero-order chi connectivity index (χ0) is 35.7. The molecule has 0 radical (unpaired) electrons. The molecule has 14 heteroatoms. The number of benzene rings is 4. The van der Waals surface area contributed by atoms with E-state index in [1.54, 1.807) is 43.5 Å². The summed E-state index contributed by atoms with van der Waals surface area (Å²) in [4.78, 5) is 28.5. The molecular formula is C37H26F3N6O4S+. The number of carbonyl (C=O) groups excluding carboxylic acids is 1. The van der Waals surface area contributed by atoms with Crippen molar-refractivity contribution in [2.75, 3.05) is 11.9 Å². The third kappa shape index (κ3) is 5.23. The van der Waals surface area contributed by atoms with Crippen molar-refractivity contribution in [3.8, 4) is 16.8 Å². The number of aromatic nitrogens is 4. The molecule has 1 unspecified atom stereocenters. The number of para-hydroxylation sites is 1. The van der Waals surface area contributed by atoms with E-state index in [0.717, 1.165) is 33.5 Å². The second-order valence-electron chi connectivity index (χ2n) is 12.1. The lowest BCUT2D eigenvalue weighted by molar-refractivity contribution is -0.137. The Labute approximate surface area is 289 Å². The Balaban J connectivity index is 1.43. The zero-order valence-electron chi connectivity index (χ0n) is 26.9. The number of imidazole rings is 1. The average molecular weight is 708 g/mol. The van der Waals surface area contributed by atoms with Crippen LogP contribution in [0.25, 0.3) is 38.6 Å². The molecule has 8 rings (SSSR count). The Morgan fingerprint density at radius 2 is 1.59 bits per heavy atom. The number of hydrogen-bond acceptors (Lipinski definition) is 7. The van der Waals surface area contributed by atoms with Crippen LogP contribution in [0.4, 0.5) is 35.0 Å². The van der Waals surface area contributed by atoms with E-state index in [4.69, 9.17) is 4.28 Å². The zero-order valence-corrected chi connectivity index (χ0v) is 27.7. The fourth-order valence-corrected chi connectivity index (χ4v) is 7.46. The van der Waals surface area contributed by atoms with Crippen molar-refractivity contribution in [1.29, 1.82) is 0 Å². The maximum Gasteiger partial charge on any atom is 0.468 e. The highest BCUT2D eigenvalue weighted by atomic mass is 32.2. The molecule has 254 valence electrons. The van der Waals surface area contributed by atoms with Gasteiger partial charge in [0.15, 0.2) is 5.69 Å². The van der Waals surface area contributed by atoms with Crippen LogP contribution in [0.2, 0.25) is 0 Å². The Bertz CT molecular complexity index is 2630. The smallest absolute Gasteiger partial charge is 0.306 e. The third-order valence-corrected chi connectivity index (χ3v) is 10.2. The number of amides is 2. The number of rotatable bonds is 6. The summed E-state index contributed by atoms with van der Waals surface area (Å²) >= 11 is 0. The van der Waals surface area contributed by atoms with Crippen molar-refractivity contribution in [3.05, 3.63) is 133 Å². The maximum atomic E-state index is 14.8. The second-order valence-corrected chi connectivity index (χ2v) is 13.6.